The third-order valence-corrected chi connectivity index (χ3v) is 6.85. The van der Waals surface area contributed by atoms with E-state index in [4.69, 9.17) is 0 Å². The van der Waals surface area contributed by atoms with Crippen LogP contribution in [0, 0.1) is 11.8 Å². The molecule has 0 radical (unpaired) electrons. The van der Waals surface area contributed by atoms with Crippen molar-refractivity contribution in [3.8, 4) is 0 Å². The Morgan fingerprint density at radius 1 is 1.14 bits per heavy atom. The predicted molar refractivity (Wildman–Crippen MR) is 86.3 cm³/mol. The van der Waals surface area contributed by atoms with Crippen LogP contribution in [0.4, 0.5) is 0 Å². The minimum absolute atomic E-state index is 0.584. The summed E-state index contributed by atoms with van der Waals surface area (Å²) >= 11 is 0. The molecule has 21 heavy (non-hydrogen) atoms. The average Bonchev–Trinajstić information content (AvgIpc) is 2.43. The van der Waals surface area contributed by atoms with Crippen molar-refractivity contribution in [1.29, 1.82) is 0 Å². The molecule has 0 aromatic carbocycles. The lowest BCUT2D eigenvalue weighted by Crippen LogP contribution is -2.48. The first kappa shape index (κ1) is 17.2. The molecular weight excluding hydrogens is 286 g/mol. The van der Waals surface area contributed by atoms with Crippen LogP contribution in [0.15, 0.2) is 0 Å². The van der Waals surface area contributed by atoms with Gasteiger partial charge in [0.2, 0.25) is 0 Å². The number of hydrogen-bond donors (Lipinski definition) is 1. The standard InChI is InChI=1S/C15H31N3O2S/c1-3-9-16-12-14-7-10-18(11-8-14)21(19,20)17(2)13-15-5-4-6-15/h14-16H,3-13H2,1-2H3. The highest BCUT2D eigenvalue weighted by atomic mass is 32.2. The van der Waals surface area contributed by atoms with Crippen LogP contribution in [0.3, 0.4) is 0 Å². The zero-order chi connectivity index (χ0) is 15.3. The van der Waals surface area contributed by atoms with Crippen LogP contribution in [-0.2, 0) is 10.2 Å². The Hall–Kier alpha value is -0.170. The lowest BCUT2D eigenvalue weighted by Gasteiger charge is -2.36. The number of piperidine rings is 1. The van der Waals surface area contributed by atoms with Crippen molar-refractivity contribution in [2.24, 2.45) is 11.8 Å². The molecule has 0 aromatic rings. The van der Waals surface area contributed by atoms with E-state index in [1.165, 1.54) is 19.3 Å². The van der Waals surface area contributed by atoms with Gasteiger partial charge in [0, 0.05) is 26.7 Å². The fraction of sp³-hybridized carbons (Fsp3) is 1.00. The number of nitrogens with one attached hydrogen (secondary N) is 1. The zero-order valence-electron chi connectivity index (χ0n) is 13.6. The molecule has 0 atom stereocenters. The summed E-state index contributed by atoms with van der Waals surface area (Å²) in [5.41, 5.74) is 0. The monoisotopic (exact) mass is 317 g/mol. The number of hydrogen-bond acceptors (Lipinski definition) is 3. The second-order valence-electron chi connectivity index (χ2n) is 6.63. The summed E-state index contributed by atoms with van der Waals surface area (Å²) in [6, 6.07) is 0. The van der Waals surface area contributed by atoms with Crippen LogP contribution in [0.5, 0.6) is 0 Å². The van der Waals surface area contributed by atoms with Gasteiger partial charge in [-0.05, 0) is 57.0 Å². The van der Waals surface area contributed by atoms with E-state index in [-0.39, 0.29) is 0 Å². The van der Waals surface area contributed by atoms with Gasteiger partial charge >= 0.3 is 0 Å². The largest absolute Gasteiger partial charge is 0.316 e. The Kier molecular flexibility index (Phi) is 6.47. The topological polar surface area (TPSA) is 52.7 Å². The highest BCUT2D eigenvalue weighted by Crippen LogP contribution is 2.28. The molecule has 1 saturated heterocycles. The maximum Gasteiger partial charge on any atom is 0.281 e. The summed E-state index contributed by atoms with van der Waals surface area (Å²) in [6.07, 6.45) is 6.74. The Morgan fingerprint density at radius 3 is 2.33 bits per heavy atom. The van der Waals surface area contributed by atoms with Crippen LogP contribution >= 0.6 is 0 Å². The van der Waals surface area contributed by atoms with Crippen molar-refractivity contribution < 1.29 is 8.42 Å². The van der Waals surface area contributed by atoms with Crippen molar-refractivity contribution in [3.63, 3.8) is 0 Å². The summed E-state index contributed by atoms with van der Waals surface area (Å²) in [4.78, 5) is 0. The van der Waals surface area contributed by atoms with E-state index >= 15 is 0 Å². The minimum atomic E-state index is -3.24. The van der Waals surface area contributed by atoms with Crippen LogP contribution in [-0.4, -0.2) is 56.8 Å². The highest BCUT2D eigenvalue weighted by molar-refractivity contribution is 7.86. The van der Waals surface area contributed by atoms with Crippen LogP contribution in [0.1, 0.15) is 45.4 Å². The molecule has 1 aliphatic heterocycles. The van der Waals surface area contributed by atoms with Gasteiger partial charge in [-0.25, -0.2) is 0 Å². The van der Waals surface area contributed by atoms with Gasteiger partial charge in [-0.2, -0.15) is 17.0 Å². The van der Waals surface area contributed by atoms with Crippen molar-refractivity contribution >= 4 is 10.2 Å². The lowest BCUT2D eigenvalue weighted by atomic mass is 9.86. The van der Waals surface area contributed by atoms with Crippen LogP contribution in [0.25, 0.3) is 0 Å². The molecule has 1 N–H and O–H groups in total. The van der Waals surface area contributed by atoms with E-state index in [1.807, 2.05) is 0 Å². The molecule has 5 nitrogen and oxygen atoms in total. The third-order valence-electron chi connectivity index (χ3n) is 4.89. The van der Waals surface area contributed by atoms with E-state index in [2.05, 4.69) is 12.2 Å². The molecule has 1 heterocycles. The van der Waals surface area contributed by atoms with Gasteiger partial charge in [-0.15, -0.1) is 0 Å². The predicted octanol–water partition coefficient (Wildman–Crippen LogP) is 1.67. The maximum absolute atomic E-state index is 12.6. The van der Waals surface area contributed by atoms with Gasteiger partial charge < -0.3 is 5.32 Å². The van der Waals surface area contributed by atoms with E-state index in [0.717, 1.165) is 32.4 Å². The van der Waals surface area contributed by atoms with Crippen LogP contribution < -0.4 is 5.32 Å². The van der Waals surface area contributed by atoms with Gasteiger partial charge in [-0.1, -0.05) is 13.3 Å². The van der Waals surface area contributed by atoms with Gasteiger partial charge in [0.05, 0.1) is 0 Å². The van der Waals surface area contributed by atoms with E-state index in [1.54, 1.807) is 15.7 Å². The normalized spacial score (nSPS) is 22.6. The number of nitrogens with zero attached hydrogens (tertiary/aromatic N) is 2. The molecular formula is C15H31N3O2S. The summed E-state index contributed by atoms with van der Waals surface area (Å²) in [5, 5.41) is 3.44. The highest BCUT2D eigenvalue weighted by Gasteiger charge is 2.32. The Labute approximate surface area is 130 Å². The molecule has 1 saturated carbocycles. The summed E-state index contributed by atoms with van der Waals surface area (Å²) in [5.74, 6) is 1.21. The van der Waals surface area contributed by atoms with Crippen molar-refractivity contribution in [2.45, 2.75) is 45.4 Å². The second-order valence-corrected chi connectivity index (χ2v) is 8.67. The Bertz CT molecular complexity index is 401. The average molecular weight is 317 g/mol. The summed E-state index contributed by atoms with van der Waals surface area (Å²) in [7, 11) is -1.50. The molecule has 0 amide bonds. The number of rotatable bonds is 8. The second kappa shape index (κ2) is 7.90. The van der Waals surface area contributed by atoms with E-state index < -0.39 is 10.2 Å². The first-order chi connectivity index (χ1) is 10.0. The lowest BCUT2D eigenvalue weighted by molar-refractivity contribution is 0.229. The molecule has 2 aliphatic rings. The smallest absolute Gasteiger partial charge is 0.281 e. The Morgan fingerprint density at radius 2 is 1.81 bits per heavy atom. The maximum atomic E-state index is 12.6. The summed E-state index contributed by atoms with van der Waals surface area (Å²) < 4.78 is 28.4. The quantitative estimate of drug-likeness (QED) is 0.693. The molecule has 0 bridgehead atoms. The first-order valence-corrected chi connectivity index (χ1v) is 9.86. The van der Waals surface area contributed by atoms with Crippen molar-refractivity contribution in [2.75, 3.05) is 39.8 Å². The molecule has 6 heteroatoms. The Balaban J connectivity index is 1.76. The van der Waals surface area contributed by atoms with Gasteiger partial charge in [0.1, 0.15) is 0 Å². The molecule has 124 valence electrons. The van der Waals surface area contributed by atoms with Crippen LogP contribution in [0.2, 0.25) is 0 Å². The van der Waals surface area contributed by atoms with Crippen molar-refractivity contribution in [3.05, 3.63) is 0 Å². The minimum Gasteiger partial charge on any atom is -0.316 e. The van der Waals surface area contributed by atoms with E-state index in [0.29, 0.717) is 31.5 Å². The summed E-state index contributed by atoms with van der Waals surface area (Å²) in [6.45, 7) is 6.30. The van der Waals surface area contributed by atoms with E-state index in [9.17, 15) is 8.42 Å². The van der Waals surface area contributed by atoms with Gasteiger partial charge in [0.15, 0.2) is 0 Å². The van der Waals surface area contributed by atoms with Gasteiger partial charge in [0.25, 0.3) is 10.2 Å². The molecule has 2 rings (SSSR count). The fourth-order valence-electron chi connectivity index (χ4n) is 3.16. The molecule has 0 aromatic heterocycles. The molecule has 2 fully saturated rings. The van der Waals surface area contributed by atoms with Crippen molar-refractivity contribution in [1.82, 2.24) is 13.9 Å². The third kappa shape index (κ3) is 4.65. The SMILES string of the molecule is CCCNCC1CCN(S(=O)(=O)N(C)CC2CCC2)CC1. The molecule has 0 unspecified atom stereocenters. The fourth-order valence-corrected chi connectivity index (χ4v) is 4.62. The first-order valence-electron chi connectivity index (χ1n) is 8.46. The van der Waals surface area contributed by atoms with Gasteiger partial charge in [-0.3, -0.25) is 0 Å². The molecule has 0 spiro atoms. The molecule has 1 aliphatic carbocycles. The zero-order valence-corrected chi connectivity index (χ0v) is 14.4.